The Bertz CT molecular complexity index is 1350. The topological polar surface area (TPSA) is 74.6 Å². The number of rotatable bonds is 12. The predicted molar refractivity (Wildman–Crippen MR) is 158 cm³/mol. The van der Waals surface area contributed by atoms with E-state index in [1.165, 1.54) is 11.1 Å². The quantitative estimate of drug-likeness (QED) is 0.288. The van der Waals surface area contributed by atoms with Crippen LogP contribution in [0.1, 0.15) is 67.4 Å². The zero-order valence-electron chi connectivity index (χ0n) is 24.1. The largest absolute Gasteiger partial charge is 0.481 e. The first-order valence-corrected chi connectivity index (χ1v) is 14.3. The highest BCUT2D eigenvalue weighted by Crippen LogP contribution is 2.30. The number of likely N-dealkylation sites (tertiary alicyclic amines) is 1. The van der Waals surface area contributed by atoms with E-state index >= 15 is 0 Å². The molecule has 2 heterocycles. The van der Waals surface area contributed by atoms with Gasteiger partial charge in [0.2, 0.25) is 0 Å². The van der Waals surface area contributed by atoms with Crippen molar-refractivity contribution >= 4 is 5.97 Å². The monoisotopic (exact) mass is 547 g/mol. The maximum Gasteiger partial charge on any atom is 0.305 e. The van der Waals surface area contributed by atoms with E-state index in [0.29, 0.717) is 32.0 Å². The average molecular weight is 548 g/mol. The molecule has 1 aliphatic heterocycles. The van der Waals surface area contributed by atoms with Gasteiger partial charge in [-0.15, -0.1) is 0 Å². The summed E-state index contributed by atoms with van der Waals surface area (Å²) in [6.45, 7) is 10.6. The molecule has 214 valence electrons. The minimum Gasteiger partial charge on any atom is -0.481 e. The number of alkyl halides is 1. The Balaban J connectivity index is 1.59. The van der Waals surface area contributed by atoms with E-state index in [1.807, 2.05) is 30.5 Å². The molecule has 1 saturated heterocycles. The van der Waals surface area contributed by atoms with Crippen LogP contribution in [0, 0.1) is 19.8 Å². The molecule has 3 aromatic rings. The molecule has 0 aliphatic carbocycles. The Hall–Kier alpha value is -3.29. The molecule has 1 fully saturated rings. The van der Waals surface area contributed by atoms with Crippen molar-refractivity contribution in [2.45, 2.75) is 71.8 Å². The highest BCUT2D eigenvalue weighted by atomic mass is 19.1. The van der Waals surface area contributed by atoms with Crippen molar-refractivity contribution in [3.05, 3.63) is 93.4 Å². The zero-order valence-corrected chi connectivity index (χ0v) is 24.1. The molecule has 7 heteroatoms. The third kappa shape index (κ3) is 7.67. The number of aromatic nitrogens is 1. The van der Waals surface area contributed by atoms with Crippen molar-refractivity contribution in [1.29, 1.82) is 0 Å². The first kappa shape index (κ1) is 29.7. The number of halogens is 1. The third-order valence-corrected chi connectivity index (χ3v) is 7.79. The van der Waals surface area contributed by atoms with E-state index in [1.54, 1.807) is 10.6 Å². The Kier molecular flexibility index (Phi) is 9.93. The van der Waals surface area contributed by atoms with Gasteiger partial charge in [-0.2, -0.15) is 0 Å². The molecule has 2 aromatic carbocycles. The first-order chi connectivity index (χ1) is 19.1. The summed E-state index contributed by atoms with van der Waals surface area (Å²) < 4.78 is 15.5. The van der Waals surface area contributed by atoms with Gasteiger partial charge < -0.3 is 15.0 Å². The van der Waals surface area contributed by atoms with Crippen LogP contribution < -0.4 is 10.9 Å². The predicted octanol–water partition coefficient (Wildman–Crippen LogP) is 6.07. The van der Waals surface area contributed by atoms with Crippen LogP contribution in [0.3, 0.4) is 0 Å². The zero-order chi connectivity index (χ0) is 28.8. The summed E-state index contributed by atoms with van der Waals surface area (Å²) in [5.41, 5.74) is 6.36. The molecule has 0 amide bonds. The van der Waals surface area contributed by atoms with Crippen LogP contribution in [-0.2, 0) is 11.3 Å². The van der Waals surface area contributed by atoms with Crippen LogP contribution in [0.4, 0.5) is 4.39 Å². The van der Waals surface area contributed by atoms with Crippen molar-refractivity contribution in [1.82, 2.24) is 14.8 Å². The maximum absolute atomic E-state index is 13.7. The summed E-state index contributed by atoms with van der Waals surface area (Å²) in [5, 5.41) is 13.3. The molecule has 1 aliphatic rings. The van der Waals surface area contributed by atoms with E-state index in [4.69, 9.17) is 0 Å². The molecule has 1 unspecified atom stereocenters. The summed E-state index contributed by atoms with van der Waals surface area (Å²) in [6.07, 6.45) is 2.35. The second-order valence-corrected chi connectivity index (χ2v) is 11.6. The lowest BCUT2D eigenvalue weighted by molar-refractivity contribution is -0.137. The Morgan fingerprint density at radius 2 is 1.82 bits per heavy atom. The van der Waals surface area contributed by atoms with Crippen LogP contribution in [0.15, 0.2) is 65.6 Å². The molecular formula is C33H42FN3O3. The summed E-state index contributed by atoms with van der Waals surface area (Å²) in [7, 11) is 0. The van der Waals surface area contributed by atoms with Crippen LogP contribution in [0.25, 0.3) is 11.1 Å². The van der Waals surface area contributed by atoms with Gasteiger partial charge in [0.15, 0.2) is 0 Å². The van der Waals surface area contributed by atoms with E-state index in [-0.39, 0.29) is 18.0 Å². The van der Waals surface area contributed by atoms with E-state index < -0.39 is 18.2 Å². The Morgan fingerprint density at radius 1 is 1.10 bits per heavy atom. The molecule has 6 nitrogen and oxygen atoms in total. The number of nitrogens with one attached hydrogen (secondary N) is 1. The number of benzene rings is 2. The van der Waals surface area contributed by atoms with Gasteiger partial charge in [-0.1, -0.05) is 56.3 Å². The number of carboxylic acid groups (broad SMARTS) is 1. The number of pyridine rings is 1. The van der Waals surface area contributed by atoms with Crippen molar-refractivity contribution in [3.63, 3.8) is 0 Å². The van der Waals surface area contributed by atoms with Crippen LogP contribution in [0.5, 0.6) is 0 Å². The molecule has 0 radical (unpaired) electrons. The number of hydrogen-bond donors (Lipinski definition) is 2. The second kappa shape index (κ2) is 13.4. The lowest BCUT2D eigenvalue weighted by atomic mass is 9.92. The number of aryl methyl sites for hydroxylation is 2. The van der Waals surface area contributed by atoms with Gasteiger partial charge in [-0.3, -0.25) is 14.5 Å². The molecule has 0 spiro atoms. The molecule has 40 heavy (non-hydrogen) atoms. The molecule has 2 N–H and O–H groups in total. The maximum atomic E-state index is 13.7. The SMILES string of the molecule is Cc1cccc(C)c1-c1cccc([C@H](CC(=O)O)NCC(CC(C)C)n2cc(CN3CC[C@@H](F)C3)ccc2=O)c1. The molecule has 4 rings (SSSR count). The third-order valence-electron chi connectivity index (χ3n) is 7.79. The molecule has 3 atom stereocenters. The van der Waals surface area contributed by atoms with Gasteiger partial charge in [-0.05, 0) is 72.1 Å². The number of hydrogen-bond acceptors (Lipinski definition) is 4. The van der Waals surface area contributed by atoms with Gasteiger partial charge in [0.05, 0.1) is 6.42 Å². The van der Waals surface area contributed by atoms with Crippen molar-refractivity contribution in [2.24, 2.45) is 5.92 Å². The number of nitrogens with zero attached hydrogens (tertiary/aromatic N) is 2. The molecule has 0 saturated carbocycles. The van der Waals surface area contributed by atoms with Crippen LogP contribution >= 0.6 is 0 Å². The van der Waals surface area contributed by atoms with Gasteiger partial charge in [0, 0.05) is 50.5 Å². The molecule has 0 bridgehead atoms. The fourth-order valence-electron chi connectivity index (χ4n) is 5.90. The molecular weight excluding hydrogens is 505 g/mol. The van der Waals surface area contributed by atoms with E-state index in [2.05, 4.69) is 62.2 Å². The van der Waals surface area contributed by atoms with Crippen LogP contribution in [-0.4, -0.2) is 46.3 Å². The van der Waals surface area contributed by atoms with Crippen molar-refractivity contribution in [3.8, 4) is 11.1 Å². The standard InChI is InChI=1S/C33H42FN3O3/c1-22(2)15-29(37-20-25(11-12-31(37)38)19-36-14-13-28(34)21-36)18-35-30(17-32(39)40)26-9-6-10-27(16-26)33-23(3)7-5-8-24(33)4/h5-12,16,20,22,28-30,35H,13-15,17-19,21H2,1-4H3,(H,39,40)/t28-,29?,30+/m1/s1. The summed E-state index contributed by atoms with van der Waals surface area (Å²) in [6, 6.07) is 17.2. The second-order valence-electron chi connectivity index (χ2n) is 11.6. The van der Waals surface area contributed by atoms with Gasteiger partial charge >= 0.3 is 5.97 Å². The Labute approximate surface area is 236 Å². The minimum absolute atomic E-state index is 0.0705. The van der Waals surface area contributed by atoms with Gasteiger partial charge in [0.25, 0.3) is 5.56 Å². The highest BCUT2D eigenvalue weighted by Gasteiger charge is 2.23. The van der Waals surface area contributed by atoms with Crippen molar-refractivity contribution < 1.29 is 14.3 Å². The normalized spacial score (nSPS) is 17.3. The number of carbonyl (C=O) groups is 1. The van der Waals surface area contributed by atoms with E-state index in [9.17, 15) is 19.1 Å². The van der Waals surface area contributed by atoms with Gasteiger partial charge in [0.1, 0.15) is 6.17 Å². The first-order valence-electron chi connectivity index (χ1n) is 14.3. The molecule has 1 aromatic heterocycles. The highest BCUT2D eigenvalue weighted by molar-refractivity contribution is 5.72. The minimum atomic E-state index is -0.883. The van der Waals surface area contributed by atoms with Crippen LogP contribution in [0.2, 0.25) is 0 Å². The number of carboxylic acids is 1. The summed E-state index contributed by atoms with van der Waals surface area (Å²) in [4.78, 5) is 27.0. The fraction of sp³-hybridized carbons (Fsp3) is 0.455. The fourth-order valence-corrected chi connectivity index (χ4v) is 5.90. The lowest BCUT2D eigenvalue weighted by Crippen LogP contribution is -2.35. The summed E-state index contributed by atoms with van der Waals surface area (Å²) >= 11 is 0. The van der Waals surface area contributed by atoms with Crippen molar-refractivity contribution in [2.75, 3.05) is 19.6 Å². The summed E-state index contributed by atoms with van der Waals surface area (Å²) in [5.74, 6) is -0.551. The van der Waals surface area contributed by atoms with E-state index in [0.717, 1.165) is 35.2 Å². The van der Waals surface area contributed by atoms with Gasteiger partial charge in [-0.25, -0.2) is 4.39 Å². The Morgan fingerprint density at radius 3 is 2.48 bits per heavy atom. The smallest absolute Gasteiger partial charge is 0.305 e. The lowest BCUT2D eigenvalue weighted by Gasteiger charge is -2.27. The average Bonchev–Trinajstić information content (AvgIpc) is 3.31. The number of aliphatic carboxylic acids is 1.